The van der Waals surface area contributed by atoms with Crippen molar-refractivity contribution in [3.8, 4) is 0 Å². The molecule has 1 amide bonds. The Bertz CT molecular complexity index is 1030. The number of halogens is 1. The number of aromatic nitrogens is 1. The van der Waals surface area contributed by atoms with E-state index in [9.17, 15) is 14.0 Å². The second kappa shape index (κ2) is 8.30. The highest BCUT2D eigenvalue weighted by Gasteiger charge is 2.23. The summed E-state index contributed by atoms with van der Waals surface area (Å²) in [5.41, 5.74) is 1.61. The molecule has 0 saturated carbocycles. The summed E-state index contributed by atoms with van der Waals surface area (Å²) in [7, 11) is 0. The number of anilines is 1. The van der Waals surface area contributed by atoms with E-state index < -0.39 is 5.97 Å². The van der Waals surface area contributed by atoms with Gasteiger partial charge in [0.1, 0.15) is 11.5 Å². The van der Waals surface area contributed by atoms with E-state index in [0.29, 0.717) is 43.1 Å². The second-order valence-corrected chi connectivity index (χ2v) is 6.78. The van der Waals surface area contributed by atoms with Crippen LogP contribution >= 0.6 is 0 Å². The highest BCUT2D eigenvalue weighted by Crippen LogP contribution is 2.20. The van der Waals surface area contributed by atoms with Gasteiger partial charge in [-0.15, -0.1) is 0 Å². The number of fused-ring (bicyclic) bond motifs is 1. The Labute approximate surface area is 166 Å². The third-order valence-corrected chi connectivity index (χ3v) is 4.95. The van der Waals surface area contributed by atoms with E-state index in [4.69, 9.17) is 9.26 Å². The number of piperazine rings is 1. The first kappa shape index (κ1) is 18.9. The average molecular weight is 397 g/mol. The smallest absolute Gasteiger partial charge is 0.312 e. The van der Waals surface area contributed by atoms with Gasteiger partial charge >= 0.3 is 5.97 Å². The summed E-state index contributed by atoms with van der Waals surface area (Å²) >= 11 is 0. The lowest BCUT2D eigenvalue weighted by Crippen LogP contribution is -2.50. The number of para-hydroxylation sites is 2. The van der Waals surface area contributed by atoms with Gasteiger partial charge in [-0.25, -0.2) is 4.39 Å². The fraction of sp³-hybridized carbons (Fsp3) is 0.286. The molecular formula is C21H20FN3O4. The lowest BCUT2D eigenvalue weighted by Gasteiger charge is -2.36. The van der Waals surface area contributed by atoms with Crippen LogP contribution in [-0.2, 0) is 20.7 Å². The molecule has 29 heavy (non-hydrogen) atoms. The summed E-state index contributed by atoms with van der Waals surface area (Å²) in [4.78, 5) is 28.0. The van der Waals surface area contributed by atoms with Crippen LogP contribution in [0.1, 0.15) is 5.69 Å². The number of amides is 1. The van der Waals surface area contributed by atoms with Crippen molar-refractivity contribution < 1.29 is 23.2 Å². The van der Waals surface area contributed by atoms with E-state index in [1.54, 1.807) is 29.2 Å². The molecule has 7 nitrogen and oxygen atoms in total. The van der Waals surface area contributed by atoms with E-state index in [1.807, 2.05) is 23.1 Å². The van der Waals surface area contributed by atoms with Crippen molar-refractivity contribution >= 4 is 28.5 Å². The first-order valence-corrected chi connectivity index (χ1v) is 9.38. The largest absolute Gasteiger partial charge is 0.455 e. The van der Waals surface area contributed by atoms with E-state index in [0.717, 1.165) is 5.39 Å². The lowest BCUT2D eigenvalue weighted by molar-refractivity contribution is -0.151. The Morgan fingerprint density at radius 1 is 1.03 bits per heavy atom. The van der Waals surface area contributed by atoms with Crippen molar-refractivity contribution in [2.24, 2.45) is 0 Å². The number of hydrogen-bond donors (Lipinski definition) is 0. The molecule has 4 rings (SSSR count). The van der Waals surface area contributed by atoms with Crippen molar-refractivity contribution in [1.29, 1.82) is 0 Å². The fourth-order valence-corrected chi connectivity index (χ4v) is 3.39. The zero-order valence-corrected chi connectivity index (χ0v) is 15.7. The predicted octanol–water partition coefficient (Wildman–Crippen LogP) is 2.40. The van der Waals surface area contributed by atoms with E-state index >= 15 is 0 Å². The zero-order valence-electron chi connectivity index (χ0n) is 15.7. The molecule has 2 heterocycles. The van der Waals surface area contributed by atoms with Crippen LogP contribution in [0.4, 0.5) is 10.1 Å². The minimum Gasteiger partial charge on any atom is -0.455 e. The van der Waals surface area contributed by atoms with Crippen LogP contribution < -0.4 is 4.90 Å². The van der Waals surface area contributed by atoms with E-state index in [-0.39, 0.29) is 24.8 Å². The molecule has 0 radical (unpaired) electrons. The molecule has 1 aliphatic heterocycles. The highest BCUT2D eigenvalue weighted by atomic mass is 19.1. The molecule has 1 fully saturated rings. The van der Waals surface area contributed by atoms with Crippen LogP contribution in [0, 0.1) is 5.82 Å². The van der Waals surface area contributed by atoms with Gasteiger partial charge in [0.25, 0.3) is 5.91 Å². The standard InChI is InChI=1S/C21H20FN3O4/c22-16-6-2-3-7-18(16)24-9-11-25(12-10-24)20(26)14-28-21(27)13-17-15-5-1-4-8-19(15)29-23-17/h1-8H,9-14H2. The SMILES string of the molecule is O=C(Cc1noc2ccccc12)OCC(=O)N1CCN(c2ccccc2F)CC1. The summed E-state index contributed by atoms with van der Waals surface area (Å²) < 4.78 is 24.2. The molecule has 3 aromatic rings. The number of hydrogen-bond acceptors (Lipinski definition) is 6. The van der Waals surface area contributed by atoms with Gasteiger partial charge in [0, 0.05) is 31.6 Å². The minimum absolute atomic E-state index is 0.0641. The van der Waals surface area contributed by atoms with Crippen molar-refractivity contribution in [3.05, 3.63) is 60.0 Å². The molecule has 8 heteroatoms. The van der Waals surface area contributed by atoms with Gasteiger partial charge in [-0.3, -0.25) is 9.59 Å². The number of carbonyl (C=O) groups excluding carboxylic acids is 2. The maximum Gasteiger partial charge on any atom is 0.312 e. The molecule has 150 valence electrons. The molecule has 1 aliphatic rings. The highest BCUT2D eigenvalue weighted by molar-refractivity contribution is 5.85. The molecular weight excluding hydrogens is 377 g/mol. The van der Waals surface area contributed by atoms with Gasteiger partial charge in [-0.05, 0) is 24.3 Å². The third-order valence-electron chi connectivity index (χ3n) is 4.95. The Balaban J connectivity index is 1.26. The Morgan fingerprint density at radius 2 is 1.76 bits per heavy atom. The molecule has 0 spiro atoms. The number of ether oxygens (including phenoxy) is 1. The van der Waals surface area contributed by atoms with Gasteiger partial charge in [-0.1, -0.05) is 29.4 Å². The zero-order chi connectivity index (χ0) is 20.2. The summed E-state index contributed by atoms with van der Waals surface area (Å²) in [6.45, 7) is 1.60. The van der Waals surface area contributed by atoms with Crippen molar-refractivity contribution in [1.82, 2.24) is 10.1 Å². The van der Waals surface area contributed by atoms with Gasteiger partial charge in [0.05, 0.1) is 12.1 Å². The number of rotatable bonds is 5. The van der Waals surface area contributed by atoms with Gasteiger partial charge in [0.15, 0.2) is 12.2 Å². The topological polar surface area (TPSA) is 75.9 Å². The van der Waals surface area contributed by atoms with Crippen LogP contribution in [0.15, 0.2) is 53.1 Å². The normalized spacial score (nSPS) is 14.2. The predicted molar refractivity (Wildman–Crippen MR) is 104 cm³/mol. The van der Waals surface area contributed by atoms with Gasteiger partial charge in [0.2, 0.25) is 0 Å². The van der Waals surface area contributed by atoms with E-state index in [2.05, 4.69) is 5.16 Å². The number of esters is 1. The molecule has 1 aromatic heterocycles. The van der Waals surface area contributed by atoms with Crippen molar-refractivity contribution in [2.45, 2.75) is 6.42 Å². The summed E-state index contributed by atoms with van der Waals surface area (Å²) in [5, 5.41) is 4.64. The Kier molecular flexibility index (Phi) is 5.41. The van der Waals surface area contributed by atoms with Crippen LogP contribution in [-0.4, -0.2) is 54.7 Å². The lowest BCUT2D eigenvalue weighted by atomic mass is 10.2. The maximum atomic E-state index is 13.9. The first-order chi connectivity index (χ1) is 14.1. The Morgan fingerprint density at radius 3 is 2.55 bits per heavy atom. The molecule has 2 aromatic carbocycles. The maximum absolute atomic E-state index is 13.9. The number of carbonyl (C=O) groups is 2. The average Bonchev–Trinajstić information content (AvgIpc) is 3.15. The summed E-state index contributed by atoms with van der Waals surface area (Å²) in [6, 6.07) is 13.8. The summed E-state index contributed by atoms with van der Waals surface area (Å²) in [6.07, 6.45) is -0.0641. The van der Waals surface area contributed by atoms with Crippen LogP contribution in [0.3, 0.4) is 0 Å². The van der Waals surface area contributed by atoms with E-state index in [1.165, 1.54) is 6.07 Å². The molecule has 0 unspecified atom stereocenters. The molecule has 0 atom stereocenters. The van der Waals surface area contributed by atoms with Gasteiger partial charge < -0.3 is 19.1 Å². The monoisotopic (exact) mass is 397 g/mol. The molecule has 0 aliphatic carbocycles. The Hall–Kier alpha value is -3.42. The molecule has 0 N–H and O–H groups in total. The van der Waals surface area contributed by atoms with Gasteiger partial charge in [-0.2, -0.15) is 0 Å². The van der Waals surface area contributed by atoms with Crippen LogP contribution in [0.25, 0.3) is 11.0 Å². The third kappa shape index (κ3) is 4.21. The summed E-state index contributed by atoms with van der Waals surface area (Å²) in [5.74, 6) is -1.08. The first-order valence-electron chi connectivity index (χ1n) is 9.38. The molecule has 0 bridgehead atoms. The van der Waals surface area contributed by atoms with Crippen LogP contribution in [0.5, 0.6) is 0 Å². The quantitative estimate of drug-likeness (QED) is 0.616. The number of benzene rings is 2. The minimum atomic E-state index is -0.539. The number of nitrogens with zero attached hydrogens (tertiary/aromatic N) is 3. The molecule has 1 saturated heterocycles. The van der Waals surface area contributed by atoms with Crippen molar-refractivity contribution in [2.75, 3.05) is 37.7 Å². The fourth-order valence-electron chi connectivity index (χ4n) is 3.39. The van der Waals surface area contributed by atoms with Crippen LogP contribution in [0.2, 0.25) is 0 Å². The second-order valence-electron chi connectivity index (χ2n) is 6.78. The van der Waals surface area contributed by atoms with Crippen molar-refractivity contribution in [3.63, 3.8) is 0 Å².